The Balaban J connectivity index is 1.75. The number of aldehydes is 1. The molecule has 1 aliphatic heterocycles. The highest BCUT2D eigenvalue weighted by Crippen LogP contribution is 2.31. The number of carbonyl (C=O) groups excluding carboxylic acids is 1. The Morgan fingerprint density at radius 1 is 1.27 bits per heavy atom. The Bertz CT molecular complexity index is 1230. The number of benzene rings is 1. The lowest BCUT2D eigenvalue weighted by Crippen LogP contribution is -2.25. The Morgan fingerprint density at radius 3 is 2.73 bits per heavy atom. The van der Waals surface area contributed by atoms with Gasteiger partial charge in [0.2, 0.25) is 0 Å². The smallest absolute Gasteiger partial charge is 0.160 e. The standard InChI is InChI=1S/C23H28N8O2/c1-14-6-17(33)7-16(12-32)19(14)11-29(3)21-9-15(8-20(24-2)27-21)22-18(10-26-31(22)5)23-28-25-13-30(23)4/h6-10,12,25,33H,11,13H2,1-5H3,(H,24,27). The van der Waals surface area contributed by atoms with Gasteiger partial charge in [-0.25, -0.2) is 4.98 Å². The van der Waals surface area contributed by atoms with Crippen LogP contribution in [-0.2, 0) is 13.6 Å². The minimum Gasteiger partial charge on any atom is -0.508 e. The number of anilines is 2. The maximum absolute atomic E-state index is 11.6. The lowest BCUT2D eigenvalue weighted by molar-refractivity contribution is 0.112. The van der Waals surface area contributed by atoms with Crippen molar-refractivity contribution in [3.05, 3.63) is 52.7 Å². The van der Waals surface area contributed by atoms with Crippen LogP contribution in [0.2, 0.25) is 0 Å². The molecule has 3 N–H and O–H groups in total. The number of rotatable bonds is 7. The van der Waals surface area contributed by atoms with Crippen LogP contribution in [0.25, 0.3) is 11.3 Å². The number of phenols is 1. The Kier molecular flexibility index (Phi) is 5.91. The van der Waals surface area contributed by atoms with Crippen molar-refractivity contribution in [1.29, 1.82) is 0 Å². The van der Waals surface area contributed by atoms with E-state index < -0.39 is 0 Å². The third-order valence-electron chi connectivity index (χ3n) is 5.78. The average molecular weight is 449 g/mol. The third-order valence-corrected chi connectivity index (χ3v) is 5.78. The van der Waals surface area contributed by atoms with Gasteiger partial charge in [0.15, 0.2) is 12.1 Å². The molecular formula is C23H28N8O2. The fourth-order valence-corrected chi connectivity index (χ4v) is 4.03. The highest BCUT2D eigenvalue weighted by Gasteiger charge is 2.23. The number of nitrogens with one attached hydrogen (secondary N) is 2. The molecule has 0 saturated heterocycles. The first-order valence-corrected chi connectivity index (χ1v) is 10.6. The van der Waals surface area contributed by atoms with E-state index in [0.717, 1.165) is 45.9 Å². The molecule has 4 rings (SSSR count). The quantitative estimate of drug-likeness (QED) is 0.472. The molecule has 1 aliphatic rings. The first-order chi connectivity index (χ1) is 15.8. The van der Waals surface area contributed by atoms with Crippen LogP contribution in [0.15, 0.2) is 35.6 Å². The number of aromatic nitrogens is 3. The van der Waals surface area contributed by atoms with Gasteiger partial charge in [-0.3, -0.25) is 14.9 Å². The van der Waals surface area contributed by atoms with Crippen molar-refractivity contribution in [2.45, 2.75) is 13.5 Å². The first-order valence-electron chi connectivity index (χ1n) is 10.6. The zero-order chi connectivity index (χ0) is 23.7. The van der Waals surface area contributed by atoms with E-state index in [1.165, 1.54) is 6.07 Å². The first kappa shape index (κ1) is 22.1. The van der Waals surface area contributed by atoms with Gasteiger partial charge in [-0.15, -0.1) is 0 Å². The summed E-state index contributed by atoms with van der Waals surface area (Å²) in [6, 6.07) is 7.12. The van der Waals surface area contributed by atoms with Crippen molar-refractivity contribution >= 4 is 23.8 Å². The zero-order valence-corrected chi connectivity index (χ0v) is 19.4. The number of hydrogen-bond donors (Lipinski definition) is 3. The third kappa shape index (κ3) is 4.19. The molecular weight excluding hydrogens is 420 g/mol. The van der Waals surface area contributed by atoms with Crippen LogP contribution >= 0.6 is 0 Å². The van der Waals surface area contributed by atoms with Gasteiger partial charge in [0, 0.05) is 45.9 Å². The molecule has 33 heavy (non-hydrogen) atoms. The normalized spacial score (nSPS) is 13.0. The number of nitrogens with zero attached hydrogens (tertiary/aromatic N) is 6. The molecule has 0 saturated carbocycles. The van der Waals surface area contributed by atoms with Crippen LogP contribution in [0.5, 0.6) is 5.75 Å². The molecule has 0 amide bonds. The predicted molar refractivity (Wildman–Crippen MR) is 129 cm³/mol. The molecule has 2 aromatic heterocycles. The minimum absolute atomic E-state index is 0.0802. The summed E-state index contributed by atoms with van der Waals surface area (Å²) >= 11 is 0. The second-order valence-corrected chi connectivity index (χ2v) is 8.13. The average Bonchev–Trinajstić information content (AvgIpc) is 3.39. The van der Waals surface area contributed by atoms with Crippen molar-refractivity contribution < 1.29 is 9.90 Å². The molecule has 0 aliphatic carbocycles. The number of aromatic hydroxyl groups is 1. The van der Waals surface area contributed by atoms with Gasteiger partial charge in [0.05, 0.1) is 17.5 Å². The monoisotopic (exact) mass is 448 g/mol. The molecule has 0 fully saturated rings. The van der Waals surface area contributed by atoms with E-state index in [4.69, 9.17) is 4.98 Å². The van der Waals surface area contributed by atoms with E-state index in [9.17, 15) is 9.90 Å². The van der Waals surface area contributed by atoms with E-state index >= 15 is 0 Å². The summed E-state index contributed by atoms with van der Waals surface area (Å²) in [5.41, 5.74) is 7.94. The van der Waals surface area contributed by atoms with Crippen LogP contribution in [0.4, 0.5) is 11.6 Å². The van der Waals surface area contributed by atoms with E-state index in [1.54, 1.807) is 6.07 Å². The fraction of sp³-hybridized carbons (Fsp3) is 0.304. The molecule has 1 aromatic carbocycles. The van der Waals surface area contributed by atoms with Crippen LogP contribution in [-0.4, -0.2) is 64.7 Å². The van der Waals surface area contributed by atoms with Crippen molar-refractivity contribution in [2.75, 3.05) is 38.0 Å². The summed E-state index contributed by atoms with van der Waals surface area (Å²) in [6.45, 7) is 2.98. The van der Waals surface area contributed by atoms with Gasteiger partial charge < -0.3 is 20.2 Å². The van der Waals surface area contributed by atoms with Crippen LogP contribution in [0, 0.1) is 6.92 Å². The van der Waals surface area contributed by atoms with E-state index in [2.05, 4.69) is 20.9 Å². The zero-order valence-electron chi connectivity index (χ0n) is 19.4. The SMILES string of the molecule is CNc1cc(-c2c(C3=NNCN3C)cnn2C)cc(N(C)Cc2c(C)cc(O)cc2C=O)n1. The molecule has 0 atom stereocenters. The van der Waals surface area contributed by atoms with Crippen LogP contribution < -0.4 is 15.6 Å². The van der Waals surface area contributed by atoms with E-state index in [0.29, 0.717) is 24.6 Å². The Labute approximate surface area is 192 Å². The molecule has 3 aromatic rings. The van der Waals surface area contributed by atoms with Crippen molar-refractivity contribution in [3.8, 4) is 17.0 Å². The highest BCUT2D eigenvalue weighted by atomic mass is 16.3. The van der Waals surface area contributed by atoms with Crippen molar-refractivity contribution in [3.63, 3.8) is 0 Å². The molecule has 3 heterocycles. The van der Waals surface area contributed by atoms with E-state index in [-0.39, 0.29) is 5.75 Å². The Hall–Kier alpha value is -4.08. The van der Waals surface area contributed by atoms with Gasteiger partial charge in [-0.2, -0.15) is 10.2 Å². The van der Waals surface area contributed by atoms with Gasteiger partial charge in [-0.05, 0) is 42.3 Å². The number of hydrogen-bond acceptors (Lipinski definition) is 9. The number of hydrazone groups is 1. The molecule has 10 heteroatoms. The molecule has 0 radical (unpaired) electrons. The summed E-state index contributed by atoms with van der Waals surface area (Å²) in [6.07, 6.45) is 2.59. The largest absolute Gasteiger partial charge is 0.508 e. The highest BCUT2D eigenvalue weighted by molar-refractivity contribution is 6.04. The molecule has 172 valence electrons. The second-order valence-electron chi connectivity index (χ2n) is 8.13. The number of phenolic OH excluding ortho intramolecular Hbond substituents is 1. The molecule has 0 bridgehead atoms. The number of aryl methyl sites for hydroxylation is 2. The van der Waals surface area contributed by atoms with Crippen molar-refractivity contribution in [2.24, 2.45) is 12.1 Å². The lowest BCUT2D eigenvalue weighted by Gasteiger charge is -2.22. The Morgan fingerprint density at radius 2 is 2.06 bits per heavy atom. The predicted octanol–water partition coefficient (Wildman–Crippen LogP) is 2.14. The van der Waals surface area contributed by atoms with Crippen LogP contribution in [0.3, 0.4) is 0 Å². The van der Waals surface area contributed by atoms with Gasteiger partial charge in [0.1, 0.15) is 24.1 Å². The summed E-state index contributed by atoms with van der Waals surface area (Å²) in [7, 11) is 7.63. The number of carbonyl (C=O) groups is 1. The molecule has 0 unspecified atom stereocenters. The maximum atomic E-state index is 11.6. The summed E-state index contributed by atoms with van der Waals surface area (Å²) < 4.78 is 1.83. The topological polar surface area (TPSA) is 111 Å². The summed E-state index contributed by atoms with van der Waals surface area (Å²) in [4.78, 5) is 20.3. The van der Waals surface area contributed by atoms with Crippen LogP contribution in [0.1, 0.15) is 27.0 Å². The minimum atomic E-state index is 0.0802. The maximum Gasteiger partial charge on any atom is 0.160 e. The van der Waals surface area contributed by atoms with E-state index in [1.807, 2.05) is 67.9 Å². The van der Waals surface area contributed by atoms with Crippen molar-refractivity contribution in [1.82, 2.24) is 25.1 Å². The number of pyridine rings is 1. The molecule has 10 nitrogen and oxygen atoms in total. The lowest BCUT2D eigenvalue weighted by atomic mass is 10.0. The van der Waals surface area contributed by atoms with Gasteiger partial charge >= 0.3 is 0 Å². The van der Waals surface area contributed by atoms with Gasteiger partial charge in [-0.1, -0.05) is 0 Å². The molecule has 0 spiro atoms. The number of amidine groups is 1. The summed E-state index contributed by atoms with van der Waals surface area (Å²) in [5, 5.41) is 21.9. The van der Waals surface area contributed by atoms with Gasteiger partial charge in [0.25, 0.3) is 0 Å². The summed E-state index contributed by atoms with van der Waals surface area (Å²) in [5.74, 6) is 2.34. The fourth-order valence-electron chi connectivity index (χ4n) is 4.03. The second kappa shape index (κ2) is 8.81.